The maximum absolute atomic E-state index is 14.6. The summed E-state index contributed by atoms with van der Waals surface area (Å²) < 4.78 is 216. The highest BCUT2D eigenvalue weighted by atomic mass is 35.6. The summed E-state index contributed by atoms with van der Waals surface area (Å²) in [6.45, 7) is 4.72. The SMILES string of the molecule is COCC1O[C@@H](O[C@H]2C(OC)C(OC)[C@@H](O[C@H]3C(OC)C(OC)[C@@H](O[C@H]4C(COC(C)=O)O[C@@H](OC(=N)C(Cl)(Cl)Cl)C(OC)[C@H]4OC)O[C@@H]3COC)O[C@@H]2COC)C(OC)[C@@H](OC)[C@H]1O[C@@H]1OC(CN2C(=O)c3ccccc3C2=O)[C@H](O[C@H]2O[C@H](COC(C)=O)[C@@H](O[C@H]3O[C@H](COC(C)=O)[C@@H](OC(C)=O)C(OC(C)=O)C3OC(C)=O)C(OC(C)=O)C2OC(C)=O)[C@H](OC)C1OC. The molecule has 0 radical (unpaired) electrons. The standard InChI is InChI=1S/C81H117Cl3N2O45/c1-33(87)110-30-47-54(61(104-16)68(109-21)77(122-47)131-80(85)81(82,83)84)129-76-67(108-20)60(103-15)53(46(121-76)29-99-11)128-75-66(107-19)59(102-14)52(45(120-75)28-98-10)127-74-65(106-18)58(101-13)51(44(119-74)27-97-9)126-73-64(105-17)57(100-12)50(43(118-73)26-86-71(95)41-24-22-23-25-42(41)72(86)96)125-78-70(117-40(8)94)63(115-38(6)92)56(49(124-78)32-112-35(3)89)130-79-69(116-39(7)93)62(114-37(5)91)55(113-36(4)90)48(123-79)31-111-34(2)88/h22-25,43-70,73-79,85H,26-32H2,1-21H3/t43?,44?,45-,46-,47?,48-,49-,50+,51+,52-,53-,54+,55-,56-,57+,58+,59?,60?,61+,62?,63?,64?,65?,66?,67?,68?,69?,70?,73+,74+,75-,76-,77+,78-,79-/m1/s1. The first-order valence-electron chi connectivity index (χ1n) is 41.2. The fourth-order valence-electron chi connectivity index (χ4n) is 16.8. The Kier molecular flexibility index (Phi) is 41.2. The molecule has 0 aliphatic carbocycles. The monoisotopic (exact) mass is 1940 g/mol. The van der Waals surface area contributed by atoms with Crippen LogP contribution in [0.1, 0.15) is 76.1 Å². The molecule has 7 fully saturated rings. The van der Waals surface area contributed by atoms with E-state index >= 15 is 0 Å². The molecular weight excluding hydrogens is 1830 g/mol. The summed E-state index contributed by atoms with van der Waals surface area (Å²) in [5.74, 6) is -10.0. The lowest BCUT2D eigenvalue weighted by Crippen LogP contribution is -2.70. The third-order valence-corrected chi connectivity index (χ3v) is 22.7. The summed E-state index contributed by atoms with van der Waals surface area (Å²) in [7, 11) is 17.6. The molecule has 131 heavy (non-hydrogen) atoms. The Hall–Kier alpha value is -6.58. The summed E-state index contributed by atoms with van der Waals surface area (Å²) in [6, 6.07) is 5.97. The van der Waals surface area contributed by atoms with Crippen molar-refractivity contribution in [2.45, 2.75) is 274 Å². The number of esters is 8. The lowest BCUT2D eigenvalue weighted by atomic mass is 9.94. The Balaban J connectivity index is 1.03. The number of imide groups is 1. The highest BCUT2D eigenvalue weighted by Gasteiger charge is 2.64. The van der Waals surface area contributed by atoms with Crippen LogP contribution in [0.2, 0.25) is 0 Å². The summed E-state index contributed by atoms with van der Waals surface area (Å²) in [5.41, 5.74) is 0.0240. The van der Waals surface area contributed by atoms with E-state index in [2.05, 4.69) is 0 Å². The Morgan fingerprint density at radius 1 is 0.290 bits per heavy atom. The van der Waals surface area contributed by atoms with Gasteiger partial charge in [-0.3, -0.25) is 58.3 Å². The number of nitrogens with one attached hydrogen (secondary N) is 1. The van der Waals surface area contributed by atoms with Crippen molar-refractivity contribution in [2.75, 3.05) is 139 Å². The summed E-state index contributed by atoms with van der Waals surface area (Å²) in [5, 5.41) is 8.33. The fraction of sp³-hybridized carbons (Fsp3) is 0.790. The van der Waals surface area contributed by atoms with Crippen molar-refractivity contribution in [1.82, 2.24) is 4.90 Å². The molecule has 742 valence electrons. The van der Waals surface area contributed by atoms with Gasteiger partial charge in [-0.2, -0.15) is 0 Å². The number of alkyl halides is 3. The number of nitrogens with zero attached hydrogens (tertiary/aromatic N) is 1. The molecule has 8 heterocycles. The topological polar surface area (TPSA) is 521 Å². The van der Waals surface area contributed by atoms with Gasteiger partial charge in [-0.15, -0.1) is 0 Å². The average molecular weight is 1950 g/mol. The van der Waals surface area contributed by atoms with Crippen molar-refractivity contribution in [3.8, 4) is 0 Å². The Bertz CT molecular complexity index is 3910. The molecule has 0 saturated carbocycles. The van der Waals surface area contributed by atoms with Crippen LogP contribution in [0.5, 0.6) is 0 Å². The Morgan fingerprint density at radius 2 is 0.511 bits per heavy atom. The maximum atomic E-state index is 14.6. The van der Waals surface area contributed by atoms with E-state index in [0.717, 1.165) is 53.4 Å². The van der Waals surface area contributed by atoms with Crippen LogP contribution in [-0.4, -0.2) is 428 Å². The third kappa shape index (κ3) is 26.4. The quantitative estimate of drug-likeness (QED) is 0.0232. The van der Waals surface area contributed by atoms with E-state index in [1.54, 1.807) is 12.1 Å². The van der Waals surface area contributed by atoms with Gasteiger partial charge in [-0.25, -0.2) is 0 Å². The van der Waals surface area contributed by atoms with Crippen LogP contribution in [0.15, 0.2) is 24.3 Å². The highest BCUT2D eigenvalue weighted by Crippen LogP contribution is 2.44. The third-order valence-electron chi connectivity index (χ3n) is 22.2. The molecule has 14 unspecified atom stereocenters. The molecule has 1 aromatic carbocycles. The number of amides is 2. The molecular formula is C81H117Cl3N2O45. The summed E-state index contributed by atoms with van der Waals surface area (Å²) in [6.07, 6.45) is -52.3. The molecule has 2 amide bonds. The van der Waals surface area contributed by atoms with E-state index in [-0.39, 0.29) is 30.9 Å². The molecule has 50 heteroatoms. The first kappa shape index (κ1) is 108. The van der Waals surface area contributed by atoms with Crippen LogP contribution in [-0.2, 0) is 204 Å². The van der Waals surface area contributed by atoms with E-state index in [4.69, 9.17) is 206 Å². The van der Waals surface area contributed by atoms with E-state index in [0.29, 0.717) is 0 Å². The molecule has 9 rings (SSSR count). The normalized spacial score (nSPS) is 36.7. The van der Waals surface area contributed by atoms with Gasteiger partial charge >= 0.3 is 47.8 Å². The van der Waals surface area contributed by atoms with Crippen LogP contribution in [0.25, 0.3) is 0 Å². The van der Waals surface area contributed by atoms with E-state index < -0.39 is 311 Å². The summed E-state index contributed by atoms with van der Waals surface area (Å²) in [4.78, 5) is 134. The number of hydrogen-bond donors (Lipinski definition) is 1. The average Bonchev–Trinajstić information content (AvgIpc) is 1.73. The minimum Gasteiger partial charge on any atom is -0.463 e. The van der Waals surface area contributed by atoms with E-state index in [1.165, 1.54) is 111 Å². The molecule has 8 aliphatic rings. The van der Waals surface area contributed by atoms with E-state index in [1.807, 2.05) is 0 Å². The molecule has 8 aliphatic heterocycles. The molecule has 7 saturated heterocycles. The van der Waals surface area contributed by atoms with Crippen molar-refractivity contribution < 1.29 is 214 Å². The van der Waals surface area contributed by atoms with Gasteiger partial charge in [0.2, 0.25) is 12.2 Å². The Morgan fingerprint density at radius 3 is 0.779 bits per heavy atom. The molecule has 0 bridgehead atoms. The number of rotatable bonds is 42. The maximum Gasteiger partial charge on any atom is 0.303 e. The Labute approximate surface area is 769 Å². The van der Waals surface area contributed by atoms with E-state index in [9.17, 15) is 47.9 Å². The van der Waals surface area contributed by atoms with Gasteiger partial charge in [0.1, 0.15) is 160 Å². The fourth-order valence-corrected chi connectivity index (χ4v) is 17.0. The second kappa shape index (κ2) is 50.0. The van der Waals surface area contributed by atoms with Gasteiger partial charge in [0.25, 0.3) is 15.6 Å². The molecule has 1 aromatic rings. The molecule has 47 nitrogen and oxygen atoms in total. The van der Waals surface area contributed by atoms with Gasteiger partial charge in [0.15, 0.2) is 68.3 Å². The minimum atomic E-state index is -2.33. The van der Waals surface area contributed by atoms with Gasteiger partial charge < -0.3 is 166 Å². The van der Waals surface area contributed by atoms with Crippen LogP contribution in [0, 0.1) is 5.41 Å². The number of hydrogen-bond acceptors (Lipinski definition) is 46. The number of fused-ring (bicyclic) bond motifs is 1. The predicted octanol–water partition coefficient (Wildman–Crippen LogP) is 0.469. The number of halogens is 3. The number of ether oxygens (including phenoxy) is 35. The lowest BCUT2D eigenvalue weighted by molar-refractivity contribution is -0.402. The first-order chi connectivity index (χ1) is 62.4. The number of methoxy groups -OCH3 is 13. The first-order valence-corrected chi connectivity index (χ1v) is 42.3. The zero-order valence-corrected chi connectivity index (χ0v) is 78.2. The number of carbonyl (C=O) groups excluding carboxylic acids is 10. The number of benzene rings is 1. The van der Waals surface area contributed by atoms with Gasteiger partial charge in [-0.1, -0.05) is 46.9 Å². The second-order valence-electron chi connectivity index (χ2n) is 30.8. The van der Waals surface area contributed by atoms with Crippen molar-refractivity contribution in [2.24, 2.45) is 0 Å². The summed E-state index contributed by atoms with van der Waals surface area (Å²) >= 11 is 18.0. The number of carbonyl (C=O) groups is 10. The van der Waals surface area contributed by atoms with Gasteiger partial charge in [0.05, 0.1) is 37.5 Å². The molecule has 1 N–H and O–H groups in total. The van der Waals surface area contributed by atoms with Crippen molar-refractivity contribution in [1.29, 1.82) is 5.41 Å². The lowest BCUT2D eigenvalue weighted by Gasteiger charge is -2.52. The van der Waals surface area contributed by atoms with Crippen molar-refractivity contribution in [3.05, 3.63) is 35.4 Å². The van der Waals surface area contributed by atoms with Crippen LogP contribution in [0.3, 0.4) is 0 Å². The largest absolute Gasteiger partial charge is 0.463 e. The van der Waals surface area contributed by atoms with Crippen LogP contribution >= 0.6 is 34.8 Å². The zero-order valence-electron chi connectivity index (χ0n) is 75.9. The van der Waals surface area contributed by atoms with Crippen molar-refractivity contribution >= 4 is 100 Å². The molecule has 35 atom stereocenters. The highest BCUT2D eigenvalue weighted by molar-refractivity contribution is 6.76. The van der Waals surface area contributed by atoms with Crippen LogP contribution < -0.4 is 0 Å². The smallest absolute Gasteiger partial charge is 0.303 e. The zero-order chi connectivity index (χ0) is 96.3. The molecule has 0 spiro atoms. The minimum absolute atomic E-state index is 0.0120. The predicted molar refractivity (Wildman–Crippen MR) is 432 cm³/mol. The van der Waals surface area contributed by atoms with Gasteiger partial charge in [0, 0.05) is 148 Å². The second-order valence-corrected chi connectivity index (χ2v) is 33.0. The van der Waals surface area contributed by atoms with Crippen LogP contribution in [0.4, 0.5) is 0 Å². The molecule has 0 aromatic heterocycles. The van der Waals surface area contributed by atoms with Gasteiger partial charge in [-0.05, 0) is 12.1 Å². The van der Waals surface area contributed by atoms with Crippen molar-refractivity contribution in [3.63, 3.8) is 0 Å².